The summed E-state index contributed by atoms with van der Waals surface area (Å²) in [5.41, 5.74) is -3.68. The molecule has 0 fully saturated rings. The molecule has 1 aliphatic heterocycles. The van der Waals surface area contributed by atoms with Crippen LogP contribution in [0.15, 0.2) is 41.4 Å². The van der Waals surface area contributed by atoms with Crippen molar-refractivity contribution in [2.24, 2.45) is 4.99 Å². The average molecular weight is 423 g/mol. The highest BCUT2D eigenvalue weighted by Crippen LogP contribution is 2.42. The van der Waals surface area contributed by atoms with Gasteiger partial charge in [0.15, 0.2) is 0 Å². The summed E-state index contributed by atoms with van der Waals surface area (Å²) in [5.74, 6) is 0.487. The first-order valence-electron chi connectivity index (χ1n) is 8.03. The Morgan fingerprint density at radius 1 is 1.00 bits per heavy atom. The highest BCUT2D eigenvalue weighted by Gasteiger charge is 2.38. The fourth-order valence-corrected chi connectivity index (χ4v) is 3.05. The zero-order valence-electron chi connectivity index (χ0n) is 14.3. The van der Waals surface area contributed by atoms with Crippen LogP contribution < -0.4 is 9.64 Å². The molecule has 0 aliphatic carbocycles. The third kappa shape index (κ3) is 4.04. The van der Waals surface area contributed by atoms with E-state index in [0.717, 1.165) is 4.90 Å². The maximum absolute atomic E-state index is 13.2. The standard InChI is InChI=1S/C18H13ClF6N2O/c1-2-28-14-3-4-15-10(5-14)9-26-16(19)27(15)13-7-11(17(20,21)22)6-12(8-13)18(23,24)25/h3-9,16H,2H2,1H3. The minimum Gasteiger partial charge on any atom is -0.494 e. The Balaban J connectivity index is 2.16. The van der Waals surface area contributed by atoms with Crippen LogP contribution in [-0.2, 0) is 12.4 Å². The summed E-state index contributed by atoms with van der Waals surface area (Å²) < 4.78 is 84.4. The molecule has 0 amide bonds. The summed E-state index contributed by atoms with van der Waals surface area (Å²) in [5, 5.41) is 0. The summed E-state index contributed by atoms with van der Waals surface area (Å²) in [7, 11) is 0. The van der Waals surface area contributed by atoms with E-state index in [-0.39, 0.29) is 11.8 Å². The predicted octanol–water partition coefficient (Wildman–Crippen LogP) is 6.22. The Kier molecular flexibility index (Phi) is 5.22. The summed E-state index contributed by atoms with van der Waals surface area (Å²) in [6.45, 7) is 2.16. The average Bonchev–Trinajstić information content (AvgIpc) is 2.60. The molecule has 0 spiro atoms. The molecule has 28 heavy (non-hydrogen) atoms. The molecule has 1 unspecified atom stereocenters. The zero-order chi connectivity index (χ0) is 20.7. The second-order valence-electron chi connectivity index (χ2n) is 5.88. The van der Waals surface area contributed by atoms with E-state index in [1.54, 1.807) is 19.1 Å². The van der Waals surface area contributed by atoms with E-state index in [2.05, 4.69) is 4.99 Å². The van der Waals surface area contributed by atoms with Crippen LogP contribution in [0.4, 0.5) is 37.7 Å². The number of nitrogens with zero attached hydrogens (tertiary/aromatic N) is 2. The lowest BCUT2D eigenvalue weighted by Crippen LogP contribution is -2.29. The topological polar surface area (TPSA) is 24.8 Å². The minimum absolute atomic E-state index is 0.0685. The van der Waals surface area contributed by atoms with Crippen molar-refractivity contribution >= 4 is 29.2 Å². The number of aliphatic imine (C=N–C) groups is 1. The molecule has 0 saturated heterocycles. The third-order valence-corrected chi connectivity index (χ3v) is 4.28. The first-order valence-corrected chi connectivity index (χ1v) is 8.47. The number of hydrogen-bond donors (Lipinski definition) is 0. The van der Waals surface area contributed by atoms with Crippen molar-refractivity contribution in [1.82, 2.24) is 0 Å². The van der Waals surface area contributed by atoms with E-state index in [0.29, 0.717) is 35.7 Å². The number of rotatable bonds is 3. The summed E-state index contributed by atoms with van der Waals surface area (Å²) >= 11 is 6.11. The van der Waals surface area contributed by atoms with Crippen molar-refractivity contribution in [2.75, 3.05) is 11.5 Å². The van der Waals surface area contributed by atoms with Gasteiger partial charge in [-0.3, -0.25) is 4.99 Å². The van der Waals surface area contributed by atoms with Crippen molar-refractivity contribution in [3.8, 4) is 5.75 Å². The number of alkyl halides is 7. The molecule has 0 saturated carbocycles. The first-order chi connectivity index (χ1) is 13.0. The quantitative estimate of drug-likeness (QED) is 0.333. The Hall–Kier alpha value is -2.42. The van der Waals surface area contributed by atoms with E-state index in [1.807, 2.05) is 0 Å². The molecule has 0 aromatic heterocycles. The van der Waals surface area contributed by atoms with Crippen LogP contribution in [-0.4, -0.2) is 18.4 Å². The molecule has 150 valence electrons. The molecule has 2 aromatic rings. The van der Waals surface area contributed by atoms with Crippen LogP contribution in [0.1, 0.15) is 23.6 Å². The van der Waals surface area contributed by atoms with Gasteiger partial charge in [-0.05, 0) is 43.3 Å². The third-order valence-electron chi connectivity index (χ3n) is 3.97. The van der Waals surface area contributed by atoms with Crippen LogP contribution in [0, 0.1) is 0 Å². The van der Waals surface area contributed by atoms with Crippen LogP contribution >= 0.6 is 11.6 Å². The molecule has 1 aliphatic rings. The lowest BCUT2D eigenvalue weighted by atomic mass is 10.1. The molecule has 1 heterocycles. The van der Waals surface area contributed by atoms with Crippen molar-refractivity contribution in [3.63, 3.8) is 0 Å². The predicted molar refractivity (Wildman–Crippen MR) is 93.4 cm³/mol. The van der Waals surface area contributed by atoms with Crippen molar-refractivity contribution in [2.45, 2.75) is 24.9 Å². The number of anilines is 2. The van der Waals surface area contributed by atoms with Crippen LogP contribution in [0.5, 0.6) is 5.75 Å². The fourth-order valence-electron chi connectivity index (χ4n) is 2.77. The highest BCUT2D eigenvalue weighted by molar-refractivity contribution is 6.23. The van der Waals surface area contributed by atoms with Gasteiger partial charge in [-0.2, -0.15) is 26.3 Å². The van der Waals surface area contributed by atoms with Gasteiger partial charge < -0.3 is 9.64 Å². The zero-order valence-corrected chi connectivity index (χ0v) is 15.0. The van der Waals surface area contributed by atoms with Gasteiger partial charge in [0.2, 0.25) is 5.62 Å². The lowest BCUT2D eigenvalue weighted by Gasteiger charge is -2.32. The largest absolute Gasteiger partial charge is 0.494 e. The summed E-state index contributed by atoms with van der Waals surface area (Å²) in [4.78, 5) is 5.07. The second-order valence-corrected chi connectivity index (χ2v) is 6.27. The molecule has 3 nitrogen and oxygen atoms in total. The van der Waals surface area contributed by atoms with Gasteiger partial charge in [-0.1, -0.05) is 11.6 Å². The smallest absolute Gasteiger partial charge is 0.416 e. The van der Waals surface area contributed by atoms with Gasteiger partial charge in [0, 0.05) is 17.5 Å². The molecule has 0 N–H and O–H groups in total. The maximum Gasteiger partial charge on any atom is 0.416 e. The van der Waals surface area contributed by atoms with Gasteiger partial charge in [0.05, 0.1) is 23.4 Å². The van der Waals surface area contributed by atoms with E-state index >= 15 is 0 Å². The van der Waals surface area contributed by atoms with E-state index in [4.69, 9.17) is 16.3 Å². The maximum atomic E-state index is 13.2. The Labute approximate surface area is 161 Å². The van der Waals surface area contributed by atoms with Gasteiger partial charge in [0.25, 0.3) is 0 Å². The normalized spacial score (nSPS) is 16.9. The van der Waals surface area contributed by atoms with E-state index in [1.165, 1.54) is 12.3 Å². The minimum atomic E-state index is -4.96. The lowest BCUT2D eigenvalue weighted by molar-refractivity contribution is -0.143. The van der Waals surface area contributed by atoms with Crippen molar-refractivity contribution < 1.29 is 31.1 Å². The van der Waals surface area contributed by atoms with Crippen LogP contribution in [0.25, 0.3) is 0 Å². The molecule has 1 atom stereocenters. The van der Waals surface area contributed by atoms with Crippen LogP contribution in [0.2, 0.25) is 0 Å². The molecule has 0 radical (unpaired) electrons. The fraction of sp³-hybridized carbons (Fsp3) is 0.278. The molecule has 10 heteroatoms. The first kappa shape index (κ1) is 20.3. The van der Waals surface area contributed by atoms with Gasteiger partial charge in [0.1, 0.15) is 5.75 Å². The Morgan fingerprint density at radius 3 is 2.14 bits per heavy atom. The monoisotopic (exact) mass is 422 g/mol. The van der Waals surface area contributed by atoms with E-state index in [9.17, 15) is 26.3 Å². The Morgan fingerprint density at radius 2 is 1.61 bits per heavy atom. The number of benzene rings is 2. The molecule has 0 bridgehead atoms. The van der Waals surface area contributed by atoms with Gasteiger partial charge in [-0.15, -0.1) is 0 Å². The Bertz CT molecular complexity index is 878. The highest BCUT2D eigenvalue weighted by atomic mass is 35.5. The SMILES string of the molecule is CCOc1ccc2c(c1)C=NC(Cl)N2c1cc(C(F)(F)F)cc(C(F)(F)F)c1. The molecule has 2 aromatic carbocycles. The summed E-state index contributed by atoms with van der Waals surface area (Å²) in [6, 6.07) is 5.94. The molecular weight excluding hydrogens is 410 g/mol. The van der Waals surface area contributed by atoms with Crippen molar-refractivity contribution in [1.29, 1.82) is 0 Å². The van der Waals surface area contributed by atoms with Gasteiger partial charge in [-0.25, -0.2) is 0 Å². The van der Waals surface area contributed by atoms with E-state index < -0.39 is 29.1 Å². The van der Waals surface area contributed by atoms with Gasteiger partial charge >= 0.3 is 12.4 Å². The number of halogens is 7. The summed E-state index contributed by atoms with van der Waals surface area (Å²) in [6.07, 6.45) is -8.53. The molecule has 3 rings (SSSR count). The molecular formula is C18H13ClF6N2O. The number of hydrogen-bond acceptors (Lipinski definition) is 3. The van der Waals surface area contributed by atoms with Crippen molar-refractivity contribution in [3.05, 3.63) is 53.1 Å². The second kappa shape index (κ2) is 7.20. The number of ether oxygens (including phenoxy) is 1. The number of fused-ring (bicyclic) bond motifs is 1. The van der Waals surface area contributed by atoms with Crippen LogP contribution in [0.3, 0.4) is 0 Å².